The van der Waals surface area contributed by atoms with Crippen molar-refractivity contribution in [2.45, 2.75) is 51.9 Å². The van der Waals surface area contributed by atoms with Gasteiger partial charge in [0, 0.05) is 6.21 Å². The maximum absolute atomic E-state index is 6.06. The molecule has 2 rings (SSSR count). The van der Waals surface area contributed by atoms with Crippen LogP contribution in [0.4, 0.5) is 0 Å². The summed E-state index contributed by atoms with van der Waals surface area (Å²) in [7, 11) is 0. The Hall–Kier alpha value is -1.93. The number of ether oxygens (including phenoxy) is 1. The molecular formula is C21H27NO. The first-order chi connectivity index (χ1) is 11.4. The SMILES string of the molecule is CCCCCC(C=NCc1ccccc1)OCc1ccccc1. The third-order valence-electron chi connectivity index (χ3n) is 3.79. The van der Waals surface area contributed by atoms with Gasteiger partial charge in [-0.1, -0.05) is 86.8 Å². The molecule has 0 heterocycles. The first kappa shape index (κ1) is 17.4. The third kappa shape index (κ3) is 7.25. The summed E-state index contributed by atoms with van der Waals surface area (Å²) in [5.74, 6) is 0. The number of hydrogen-bond donors (Lipinski definition) is 0. The fourth-order valence-corrected chi connectivity index (χ4v) is 2.43. The lowest BCUT2D eigenvalue weighted by Gasteiger charge is -2.13. The quantitative estimate of drug-likeness (QED) is 0.424. The van der Waals surface area contributed by atoms with Crippen molar-refractivity contribution >= 4 is 6.21 Å². The summed E-state index contributed by atoms with van der Waals surface area (Å²) in [6, 6.07) is 20.7. The lowest BCUT2D eigenvalue weighted by Crippen LogP contribution is -2.15. The predicted octanol–water partition coefficient (Wildman–Crippen LogP) is 5.42. The summed E-state index contributed by atoms with van der Waals surface area (Å²) in [4.78, 5) is 4.58. The van der Waals surface area contributed by atoms with Gasteiger partial charge < -0.3 is 4.74 Å². The number of nitrogens with zero attached hydrogens (tertiary/aromatic N) is 1. The van der Waals surface area contributed by atoms with Crippen LogP contribution in [0.1, 0.15) is 43.7 Å². The van der Waals surface area contributed by atoms with Gasteiger partial charge >= 0.3 is 0 Å². The van der Waals surface area contributed by atoms with E-state index in [9.17, 15) is 0 Å². The summed E-state index contributed by atoms with van der Waals surface area (Å²) < 4.78 is 6.06. The van der Waals surface area contributed by atoms with Crippen molar-refractivity contribution in [2.75, 3.05) is 0 Å². The molecule has 2 aromatic carbocycles. The summed E-state index contributed by atoms with van der Waals surface area (Å²) in [5.41, 5.74) is 2.45. The Kier molecular flexibility index (Phi) is 8.14. The molecule has 122 valence electrons. The molecule has 23 heavy (non-hydrogen) atoms. The monoisotopic (exact) mass is 309 g/mol. The largest absolute Gasteiger partial charge is 0.368 e. The molecule has 0 aliphatic rings. The second kappa shape index (κ2) is 10.7. The molecule has 0 fully saturated rings. The van der Waals surface area contributed by atoms with E-state index in [4.69, 9.17) is 4.74 Å². The summed E-state index contributed by atoms with van der Waals surface area (Å²) in [6.07, 6.45) is 6.80. The van der Waals surface area contributed by atoms with Gasteiger partial charge in [0.25, 0.3) is 0 Å². The maximum atomic E-state index is 6.06. The molecule has 2 nitrogen and oxygen atoms in total. The third-order valence-corrected chi connectivity index (χ3v) is 3.79. The van der Waals surface area contributed by atoms with Gasteiger partial charge in [0.05, 0.1) is 19.3 Å². The van der Waals surface area contributed by atoms with E-state index in [2.05, 4.69) is 48.3 Å². The Morgan fingerprint density at radius 2 is 1.57 bits per heavy atom. The zero-order chi connectivity index (χ0) is 16.2. The van der Waals surface area contributed by atoms with Gasteiger partial charge in [0.15, 0.2) is 0 Å². The molecule has 0 aliphatic heterocycles. The number of aliphatic imine (C=N–C) groups is 1. The number of unbranched alkanes of at least 4 members (excludes halogenated alkanes) is 2. The van der Waals surface area contributed by atoms with E-state index < -0.39 is 0 Å². The Morgan fingerprint density at radius 3 is 2.22 bits per heavy atom. The van der Waals surface area contributed by atoms with Gasteiger partial charge in [0.1, 0.15) is 0 Å². The number of hydrogen-bond acceptors (Lipinski definition) is 2. The van der Waals surface area contributed by atoms with Crippen LogP contribution >= 0.6 is 0 Å². The molecule has 0 radical (unpaired) electrons. The van der Waals surface area contributed by atoms with E-state index in [1.54, 1.807) is 0 Å². The first-order valence-electron chi connectivity index (χ1n) is 8.58. The van der Waals surface area contributed by atoms with E-state index in [-0.39, 0.29) is 6.10 Å². The minimum atomic E-state index is 0.102. The minimum Gasteiger partial charge on any atom is -0.368 e. The van der Waals surface area contributed by atoms with Crippen LogP contribution in [0.2, 0.25) is 0 Å². The Balaban J connectivity index is 1.85. The van der Waals surface area contributed by atoms with Crippen molar-refractivity contribution in [3.8, 4) is 0 Å². The predicted molar refractivity (Wildman–Crippen MR) is 97.8 cm³/mol. The van der Waals surface area contributed by atoms with Crippen LogP contribution in [0.25, 0.3) is 0 Å². The molecule has 2 aromatic rings. The van der Waals surface area contributed by atoms with Crippen LogP contribution in [0, 0.1) is 0 Å². The fourth-order valence-electron chi connectivity index (χ4n) is 2.43. The van der Waals surface area contributed by atoms with Crippen LogP contribution < -0.4 is 0 Å². The van der Waals surface area contributed by atoms with Gasteiger partial charge in [-0.2, -0.15) is 0 Å². The summed E-state index contributed by atoms with van der Waals surface area (Å²) >= 11 is 0. The van der Waals surface area contributed by atoms with E-state index >= 15 is 0 Å². The van der Waals surface area contributed by atoms with E-state index in [1.807, 2.05) is 30.5 Å². The average Bonchev–Trinajstić information content (AvgIpc) is 2.61. The lowest BCUT2D eigenvalue weighted by atomic mass is 10.1. The van der Waals surface area contributed by atoms with E-state index in [0.29, 0.717) is 6.61 Å². The van der Waals surface area contributed by atoms with Crippen LogP contribution in [0.5, 0.6) is 0 Å². The van der Waals surface area contributed by atoms with Crippen molar-refractivity contribution in [1.29, 1.82) is 0 Å². The molecule has 0 saturated heterocycles. The van der Waals surface area contributed by atoms with Gasteiger partial charge in [0.2, 0.25) is 0 Å². The second-order valence-corrected chi connectivity index (χ2v) is 5.81. The van der Waals surface area contributed by atoms with Gasteiger partial charge in [-0.25, -0.2) is 0 Å². The molecule has 0 N–H and O–H groups in total. The lowest BCUT2D eigenvalue weighted by molar-refractivity contribution is 0.0801. The second-order valence-electron chi connectivity index (χ2n) is 5.81. The van der Waals surface area contributed by atoms with Crippen LogP contribution in [-0.4, -0.2) is 12.3 Å². The molecule has 0 bridgehead atoms. The number of rotatable bonds is 10. The molecule has 0 spiro atoms. The van der Waals surface area contributed by atoms with Crippen LogP contribution in [0.3, 0.4) is 0 Å². The van der Waals surface area contributed by atoms with Crippen molar-refractivity contribution in [2.24, 2.45) is 4.99 Å². The molecule has 0 amide bonds. The van der Waals surface area contributed by atoms with Crippen molar-refractivity contribution in [3.05, 3.63) is 71.8 Å². The first-order valence-corrected chi connectivity index (χ1v) is 8.58. The van der Waals surface area contributed by atoms with Crippen molar-refractivity contribution in [1.82, 2.24) is 0 Å². The van der Waals surface area contributed by atoms with Gasteiger partial charge in [-0.3, -0.25) is 4.99 Å². The standard InChI is InChI=1S/C21H27NO/c1-2-3-6-15-21(23-18-20-13-9-5-10-14-20)17-22-16-19-11-7-4-8-12-19/h4-5,7-14,17,21H,2-3,6,15-16,18H2,1H3. The minimum absolute atomic E-state index is 0.102. The highest BCUT2D eigenvalue weighted by Gasteiger charge is 2.06. The highest BCUT2D eigenvalue weighted by Crippen LogP contribution is 2.10. The maximum Gasteiger partial charge on any atom is 0.0926 e. The number of benzene rings is 2. The van der Waals surface area contributed by atoms with Gasteiger partial charge in [-0.05, 0) is 17.5 Å². The molecule has 0 saturated carbocycles. The molecule has 0 aromatic heterocycles. The zero-order valence-electron chi connectivity index (χ0n) is 14.0. The topological polar surface area (TPSA) is 21.6 Å². The van der Waals surface area contributed by atoms with Crippen molar-refractivity contribution < 1.29 is 4.74 Å². The van der Waals surface area contributed by atoms with Crippen LogP contribution in [-0.2, 0) is 17.9 Å². The van der Waals surface area contributed by atoms with E-state index in [1.165, 1.54) is 30.4 Å². The zero-order valence-corrected chi connectivity index (χ0v) is 14.0. The Bertz CT molecular complexity index is 551. The molecular weight excluding hydrogens is 282 g/mol. The highest BCUT2D eigenvalue weighted by atomic mass is 16.5. The summed E-state index contributed by atoms with van der Waals surface area (Å²) in [5, 5.41) is 0. The van der Waals surface area contributed by atoms with Gasteiger partial charge in [-0.15, -0.1) is 0 Å². The molecule has 0 aliphatic carbocycles. The smallest absolute Gasteiger partial charge is 0.0926 e. The Labute approximate surface area is 140 Å². The highest BCUT2D eigenvalue weighted by molar-refractivity contribution is 5.63. The molecule has 1 atom stereocenters. The van der Waals surface area contributed by atoms with Crippen LogP contribution in [0.15, 0.2) is 65.7 Å². The Morgan fingerprint density at radius 1 is 0.913 bits per heavy atom. The molecule has 1 unspecified atom stereocenters. The van der Waals surface area contributed by atoms with E-state index in [0.717, 1.165) is 13.0 Å². The molecule has 2 heteroatoms. The average molecular weight is 309 g/mol. The fraction of sp³-hybridized carbons (Fsp3) is 0.381. The summed E-state index contributed by atoms with van der Waals surface area (Å²) in [6.45, 7) is 3.60. The van der Waals surface area contributed by atoms with Crippen molar-refractivity contribution in [3.63, 3.8) is 0 Å². The normalized spacial score (nSPS) is 12.6.